The number of thiocarbonyl (C=S) groups is 1. The topological polar surface area (TPSA) is 55.1 Å². The molecule has 0 aliphatic heterocycles. The molecule has 0 unspecified atom stereocenters. The Balaban J connectivity index is 2.83. The average molecular weight is 198 g/mol. The number of benzene rings is 1. The van der Waals surface area contributed by atoms with Gasteiger partial charge < -0.3 is 5.73 Å². The smallest absolute Gasteiger partial charge is 0.257 e. The summed E-state index contributed by atoms with van der Waals surface area (Å²) in [6, 6.07) is 5.26. The van der Waals surface area contributed by atoms with Crippen LogP contribution in [0.4, 0.5) is 4.39 Å². The molecule has 0 radical (unpaired) electrons. The minimum Gasteiger partial charge on any atom is -0.376 e. The molecule has 0 aliphatic rings. The van der Waals surface area contributed by atoms with Gasteiger partial charge in [0.25, 0.3) is 5.91 Å². The SMILES string of the molecule is NC(=S)NC(=O)c1cccc(F)c1. The lowest BCUT2D eigenvalue weighted by Gasteiger charge is -2.01. The number of hydrogen-bond acceptors (Lipinski definition) is 2. The molecule has 0 fully saturated rings. The van der Waals surface area contributed by atoms with E-state index in [0.717, 1.165) is 6.07 Å². The monoisotopic (exact) mass is 198 g/mol. The first-order chi connectivity index (χ1) is 6.09. The Bertz CT molecular complexity index is 354. The Morgan fingerprint density at radius 3 is 2.77 bits per heavy atom. The van der Waals surface area contributed by atoms with Crippen LogP contribution in [-0.4, -0.2) is 11.0 Å². The molecule has 0 heterocycles. The summed E-state index contributed by atoms with van der Waals surface area (Å²) in [6.45, 7) is 0. The standard InChI is InChI=1S/C8H7FN2OS/c9-6-3-1-2-5(4-6)7(12)11-8(10)13/h1-4H,(H3,10,11,12,13). The molecule has 1 aromatic carbocycles. The molecule has 5 heteroatoms. The van der Waals surface area contributed by atoms with E-state index in [4.69, 9.17) is 5.73 Å². The van der Waals surface area contributed by atoms with E-state index in [1.807, 2.05) is 0 Å². The molecule has 0 saturated heterocycles. The zero-order valence-electron chi connectivity index (χ0n) is 6.58. The van der Waals surface area contributed by atoms with Crippen molar-refractivity contribution in [2.45, 2.75) is 0 Å². The van der Waals surface area contributed by atoms with Crippen molar-refractivity contribution < 1.29 is 9.18 Å². The maximum Gasteiger partial charge on any atom is 0.257 e. The highest BCUT2D eigenvalue weighted by Crippen LogP contribution is 2.02. The van der Waals surface area contributed by atoms with E-state index in [1.165, 1.54) is 18.2 Å². The summed E-state index contributed by atoms with van der Waals surface area (Å²) in [7, 11) is 0. The number of nitrogens with two attached hydrogens (primary N) is 1. The molecule has 0 aliphatic carbocycles. The number of carbonyl (C=O) groups excluding carboxylic acids is 1. The molecule has 68 valence electrons. The minimum atomic E-state index is -0.507. The van der Waals surface area contributed by atoms with Gasteiger partial charge in [-0.25, -0.2) is 4.39 Å². The van der Waals surface area contributed by atoms with Crippen LogP contribution >= 0.6 is 12.2 Å². The summed E-state index contributed by atoms with van der Waals surface area (Å²) in [5, 5.41) is 2.06. The fourth-order valence-corrected chi connectivity index (χ4v) is 0.906. The van der Waals surface area contributed by atoms with Gasteiger partial charge in [0, 0.05) is 5.56 Å². The number of halogens is 1. The van der Waals surface area contributed by atoms with Crippen molar-refractivity contribution in [2.24, 2.45) is 5.73 Å². The number of amides is 1. The second kappa shape index (κ2) is 3.95. The van der Waals surface area contributed by atoms with Gasteiger partial charge in [-0.15, -0.1) is 0 Å². The van der Waals surface area contributed by atoms with Crippen molar-refractivity contribution in [1.82, 2.24) is 5.32 Å². The van der Waals surface area contributed by atoms with E-state index in [2.05, 4.69) is 17.5 Å². The Morgan fingerprint density at radius 1 is 1.54 bits per heavy atom. The Kier molecular flexibility index (Phi) is 2.92. The largest absolute Gasteiger partial charge is 0.376 e. The lowest BCUT2D eigenvalue weighted by Crippen LogP contribution is -2.34. The van der Waals surface area contributed by atoms with Crippen LogP contribution in [0.5, 0.6) is 0 Å². The van der Waals surface area contributed by atoms with Crippen molar-refractivity contribution in [1.29, 1.82) is 0 Å². The van der Waals surface area contributed by atoms with Gasteiger partial charge in [-0.3, -0.25) is 10.1 Å². The predicted octanol–water partition coefficient (Wildman–Crippen LogP) is 0.799. The zero-order valence-corrected chi connectivity index (χ0v) is 7.40. The summed E-state index contributed by atoms with van der Waals surface area (Å²) < 4.78 is 12.6. The molecule has 3 N–H and O–H groups in total. The molecule has 0 spiro atoms. The Morgan fingerprint density at radius 2 is 2.23 bits per heavy atom. The van der Waals surface area contributed by atoms with Crippen LogP contribution in [0.25, 0.3) is 0 Å². The summed E-state index contributed by atoms with van der Waals surface area (Å²) in [5.74, 6) is -0.984. The molecule has 0 saturated carbocycles. The lowest BCUT2D eigenvalue weighted by molar-refractivity contribution is 0.0977. The van der Waals surface area contributed by atoms with E-state index in [9.17, 15) is 9.18 Å². The van der Waals surface area contributed by atoms with E-state index < -0.39 is 11.7 Å². The highest BCUT2D eigenvalue weighted by molar-refractivity contribution is 7.80. The fraction of sp³-hybridized carbons (Fsp3) is 0. The van der Waals surface area contributed by atoms with E-state index in [1.54, 1.807) is 0 Å². The molecule has 1 rings (SSSR count). The van der Waals surface area contributed by atoms with Crippen molar-refractivity contribution in [3.8, 4) is 0 Å². The molecule has 0 atom stereocenters. The third-order valence-corrected chi connectivity index (χ3v) is 1.43. The van der Waals surface area contributed by atoms with Crippen LogP contribution in [-0.2, 0) is 0 Å². The molecule has 1 amide bonds. The number of rotatable bonds is 1. The maximum absolute atomic E-state index is 12.6. The second-order valence-electron chi connectivity index (χ2n) is 2.33. The van der Waals surface area contributed by atoms with Crippen molar-refractivity contribution >= 4 is 23.2 Å². The van der Waals surface area contributed by atoms with Crippen LogP contribution in [0.2, 0.25) is 0 Å². The minimum absolute atomic E-state index is 0.130. The van der Waals surface area contributed by atoms with Crippen molar-refractivity contribution in [3.63, 3.8) is 0 Å². The lowest BCUT2D eigenvalue weighted by atomic mass is 10.2. The fourth-order valence-electron chi connectivity index (χ4n) is 0.814. The number of nitrogens with one attached hydrogen (secondary N) is 1. The number of carbonyl (C=O) groups is 1. The van der Waals surface area contributed by atoms with Gasteiger partial charge in [-0.1, -0.05) is 6.07 Å². The first kappa shape index (κ1) is 9.60. The quantitative estimate of drug-likeness (QED) is 0.656. The molecular weight excluding hydrogens is 191 g/mol. The van der Waals surface area contributed by atoms with Gasteiger partial charge in [-0.2, -0.15) is 0 Å². The van der Waals surface area contributed by atoms with Crippen LogP contribution in [0.15, 0.2) is 24.3 Å². The van der Waals surface area contributed by atoms with Gasteiger partial charge in [0.2, 0.25) is 0 Å². The van der Waals surface area contributed by atoms with Gasteiger partial charge >= 0.3 is 0 Å². The first-order valence-electron chi connectivity index (χ1n) is 3.46. The third-order valence-electron chi connectivity index (χ3n) is 1.32. The average Bonchev–Trinajstić information content (AvgIpc) is 2.03. The van der Waals surface area contributed by atoms with Crippen molar-refractivity contribution in [3.05, 3.63) is 35.6 Å². The van der Waals surface area contributed by atoms with Crippen LogP contribution in [0.1, 0.15) is 10.4 Å². The first-order valence-corrected chi connectivity index (χ1v) is 3.87. The van der Waals surface area contributed by atoms with E-state index >= 15 is 0 Å². The summed E-state index contributed by atoms with van der Waals surface area (Å²) in [4.78, 5) is 11.2. The summed E-state index contributed by atoms with van der Waals surface area (Å²) in [5.41, 5.74) is 5.26. The highest BCUT2D eigenvalue weighted by atomic mass is 32.1. The molecule has 0 aromatic heterocycles. The Labute approximate surface area is 79.7 Å². The van der Waals surface area contributed by atoms with Gasteiger partial charge in [0.1, 0.15) is 5.82 Å². The molecular formula is C8H7FN2OS. The van der Waals surface area contributed by atoms with Crippen molar-refractivity contribution in [2.75, 3.05) is 0 Å². The van der Waals surface area contributed by atoms with Crippen LogP contribution < -0.4 is 11.1 Å². The highest BCUT2D eigenvalue weighted by Gasteiger charge is 2.05. The summed E-state index contributed by atoms with van der Waals surface area (Å²) >= 11 is 4.46. The molecule has 13 heavy (non-hydrogen) atoms. The van der Waals surface area contributed by atoms with Gasteiger partial charge in [0.15, 0.2) is 5.11 Å². The van der Waals surface area contributed by atoms with E-state index in [0.29, 0.717) is 0 Å². The number of hydrogen-bond donors (Lipinski definition) is 2. The summed E-state index contributed by atoms with van der Waals surface area (Å²) in [6.07, 6.45) is 0. The Hall–Kier alpha value is -1.49. The second-order valence-corrected chi connectivity index (χ2v) is 2.77. The normalized spacial score (nSPS) is 9.31. The third kappa shape index (κ3) is 2.79. The zero-order chi connectivity index (χ0) is 9.84. The molecule has 0 bridgehead atoms. The van der Waals surface area contributed by atoms with Gasteiger partial charge in [0.05, 0.1) is 0 Å². The van der Waals surface area contributed by atoms with Crippen LogP contribution in [0.3, 0.4) is 0 Å². The molecule has 3 nitrogen and oxygen atoms in total. The molecule has 1 aromatic rings. The predicted molar refractivity (Wildman–Crippen MR) is 50.7 cm³/mol. The van der Waals surface area contributed by atoms with E-state index in [-0.39, 0.29) is 10.7 Å². The van der Waals surface area contributed by atoms with Gasteiger partial charge in [-0.05, 0) is 30.4 Å². The maximum atomic E-state index is 12.6. The van der Waals surface area contributed by atoms with Crippen LogP contribution in [0, 0.1) is 5.82 Å².